The molecular weight excluding hydrogens is 615 g/mol. The number of carbonyl (C=O) groups is 2. The number of ether oxygens (including phenoxy) is 1. The van der Waals surface area contributed by atoms with Crippen molar-refractivity contribution in [2.75, 3.05) is 39.4 Å². The van der Waals surface area contributed by atoms with E-state index in [-0.39, 0.29) is 18.2 Å². The smallest absolute Gasteiger partial charge is 0.239 e. The second kappa shape index (κ2) is 13.5. The number of carbonyl (C=O) groups excluding carboxylic acids is 2. The minimum absolute atomic E-state index is 0.0688. The van der Waals surface area contributed by atoms with Crippen molar-refractivity contribution in [3.05, 3.63) is 99.7 Å². The Hall–Kier alpha value is -3.01. The molecule has 1 aromatic heterocycles. The molecular formula is C34H36Cl2N4O3S. The zero-order valence-electron chi connectivity index (χ0n) is 24.7. The van der Waals surface area contributed by atoms with Crippen molar-refractivity contribution in [2.24, 2.45) is 0 Å². The lowest BCUT2D eigenvalue weighted by atomic mass is 9.91. The van der Waals surface area contributed by atoms with E-state index in [1.54, 1.807) is 0 Å². The first-order valence-corrected chi connectivity index (χ1v) is 16.5. The topological polar surface area (TPSA) is 77.7 Å². The number of nitrogens with one attached hydrogen (secondary N) is 2. The second-order valence-electron chi connectivity index (χ2n) is 11.5. The lowest BCUT2D eigenvalue weighted by molar-refractivity contribution is -0.129. The number of H-pyrrole nitrogens is 1. The highest BCUT2D eigenvalue weighted by atomic mass is 35.5. The van der Waals surface area contributed by atoms with Gasteiger partial charge in [0.05, 0.1) is 25.7 Å². The predicted molar refractivity (Wildman–Crippen MR) is 177 cm³/mol. The first kappa shape index (κ1) is 31.0. The SMILES string of the molecule is Cc1ccc(S[C@@]2(C(=O)NCCCN3CCOCC3)CC(=O)N(Cc3ccc(Cl)cc3)[C@H]2c2c[nH]c3cc(Cl)ccc23)cc1. The molecule has 2 amide bonds. The fourth-order valence-electron chi connectivity index (χ4n) is 6.19. The Morgan fingerprint density at radius 1 is 1.05 bits per heavy atom. The van der Waals surface area contributed by atoms with Crippen molar-refractivity contribution >= 4 is 57.7 Å². The highest BCUT2D eigenvalue weighted by molar-refractivity contribution is 8.01. The third-order valence-corrected chi connectivity index (χ3v) is 10.4. The molecule has 2 fully saturated rings. The normalized spacial score (nSPS) is 20.8. The Labute approximate surface area is 272 Å². The van der Waals surface area contributed by atoms with Crippen molar-refractivity contribution in [1.82, 2.24) is 20.1 Å². The fourth-order valence-corrected chi connectivity index (χ4v) is 7.91. The van der Waals surface area contributed by atoms with Gasteiger partial charge in [-0.15, -0.1) is 11.8 Å². The molecule has 0 saturated carbocycles. The van der Waals surface area contributed by atoms with Gasteiger partial charge < -0.3 is 19.9 Å². The van der Waals surface area contributed by atoms with Gasteiger partial charge in [-0.3, -0.25) is 14.5 Å². The molecule has 3 aromatic carbocycles. The molecule has 44 heavy (non-hydrogen) atoms. The third-order valence-electron chi connectivity index (χ3n) is 8.47. The number of likely N-dealkylation sites (tertiary alicyclic amines) is 1. The fraction of sp³-hybridized carbons (Fsp3) is 0.353. The van der Waals surface area contributed by atoms with Crippen molar-refractivity contribution in [2.45, 2.75) is 42.0 Å². The Kier molecular flexibility index (Phi) is 9.54. The molecule has 6 rings (SSSR count). The molecule has 2 aliphatic heterocycles. The predicted octanol–water partition coefficient (Wildman–Crippen LogP) is 6.63. The maximum Gasteiger partial charge on any atom is 0.239 e. The molecule has 4 aromatic rings. The Morgan fingerprint density at radius 3 is 2.52 bits per heavy atom. The quantitative estimate of drug-likeness (QED) is 0.189. The number of morpholine rings is 1. The molecule has 2 N–H and O–H groups in total. The third kappa shape index (κ3) is 6.65. The molecule has 10 heteroatoms. The average molecular weight is 652 g/mol. The van der Waals surface area contributed by atoms with Crippen LogP contribution in [-0.4, -0.2) is 70.7 Å². The molecule has 7 nitrogen and oxygen atoms in total. The minimum atomic E-state index is -1.12. The number of thioether (sulfide) groups is 1. The van der Waals surface area contributed by atoms with Crippen LogP contribution in [0.1, 0.15) is 35.6 Å². The highest BCUT2D eigenvalue weighted by Gasteiger charge is 2.58. The number of aromatic nitrogens is 1. The van der Waals surface area contributed by atoms with Crippen LogP contribution in [0.15, 0.2) is 77.8 Å². The van der Waals surface area contributed by atoms with Crippen LogP contribution in [0.3, 0.4) is 0 Å². The van der Waals surface area contributed by atoms with Crippen LogP contribution in [0, 0.1) is 6.92 Å². The van der Waals surface area contributed by atoms with E-state index < -0.39 is 10.8 Å². The number of benzene rings is 3. The molecule has 2 aliphatic rings. The van der Waals surface area contributed by atoms with Gasteiger partial charge in [0.1, 0.15) is 4.75 Å². The van der Waals surface area contributed by atoms with Crippen molar-refractivity contribution in [3.63, 3.8) is 0 Å². The number of hydrogen-bond acceptors (Lipinski definition) is 5. The number of aryl methyl sites for hydroxylation is 1. The molecule has 0 radical (unpaired) electrons. The van der Waals surface area contributed by atoms with Crippen LogP contribution in [0.4, 0.5) is 0 Å². The van der Waals surface area contributed by atoms with Gasteiger partial charge in [0.15, 0.2) is 0 Å². The van der Waals surface area contributed by atoms with Gasteiger partial charge in [0.25, 0.3) is 0 Å². The van der Waals surface area contributed by atoms with E-state index in [9.17, 15) is 9.59 Å². The van der Waals surface area contributed by atoms with Crippen molar-refractivity contribution in [1.29, 1.82) is 0 Å². The Morgan fingerprint density at radius 2 is 1.77 bits per heavy atom. The first-order chi connectivity index (χ1) is 21.3. The number of nitrogens with zero attached hydrogens (tertiary/aromatic N) is 2. The molecule has 2 atom stereocenters. The van der Waals surface area contributed by atoms with Crippen molar-refractivity contribution in [3.8, 4) is 0 Å². The summed E-state index contributed by atoms with van der Waals surface area (Å²) >= 11 is 14.0. The first-order valence-electron chi connectivity index (χ1n) is 15.0. The maximum absolute atomic E-state index is 14.6. The van der Waals surface area contributed by atoms with E-state index in [4.69, 9.17) is 27.9 Å². The monoisotopic (exact) mass is 650 g/mol. The highest BCUT2D eigenvalue weighted by Crippen LogP contribution is 2.54. The zero-order chi connectivity index (χ0) is 30.7. The lowest BCUT2D eigenvalue weighted by Gasteiger charge is -2.36. The zero-order valence-corrected chi connectivity index (χ0v) is 27.0. The molecule has 0 aliphatic carbocycles. The van der Waals surface area contributed by atoms with E-state index in [0.717, 1.165) is 71.8 Å². The van der Waals surface area contributed by atoms with Crippen LogP contribution < -0.4 is 5.32 Å². The van der Waals surface area contributed by atoms with E-state index in [1.807, 2.05) is 84.8 Å². The number of rotatable bonds is 10. The van der Waals surface area contributed by atoms with Crippen LogP contribution in [0.5, 0.6) is 0 Å². The summed E-state index contributed by atoms with van der Waals surface area (Å²) in [6, 6.07) is 20.8. The summed E-state index contributed by atoms with van der Waals surface area (Å²) < 4.78 is 4.36. The second-order valence-corrected chi connectivity index (χ2v) is 13.8. The van der Waals surface area contributed by atoms with Gasteiger partial charge in [0, 0.05) is 63.8 Å². The van der Waals surface area contributed by atoms with Gasteiger partial charge >= 0.3 is 0 Å². The van der Waals surface area contributed by atoms with E-state index in [0.29, 0.717) is 23.1 Å². The summed E-state index contributed by atoms with van der Waals surface area (Å²) in [4.78, 5) is 37.2. The molecule has 3 heterocycles. The number of hydrogen-bond donors (Lipinski definition) is 2. The largest absolute Gasteiger partial charge is 0.379 e. The molecule has 0 spiro atoms. The van der Waals surface area contributed by atoms with Crippen LogP contribution in [-0.2, 0) is 20.9 Å². The summed E-state index contributed by atoms with van der Waals surface area (Å²) in [7, 11) is 0. The van der Waals surface area contributed by atoms with Gasteiger partial charge in [0.2, 0.25) is 11.8 Å². The summed E-state index contributed by atoms with van der Waals surface area (Å²) in [6.45, 7) is 7.09. The van der Waals surface area contributed by atoms with Crippen LogP contribution in [0.2, 0.25) is 10.0 Å². The van der Waals surface area contributed by atoms with Crippen molar-refractivity contribution < 1.29 is 14.3 Å². The lowest BCUT2D eigenvalue weighted by Crippen LogP contribution is -2.48. The number of fused-ring (bicyclic) bond motifs is 1. The average Bonchev–Trinajstić information content (AvgIpc) is 3.55. The van der Waals surface area contributed by atoms with Gasteiger partial charge in [-0.2, -0.15) is 0 Å². The maximum atomic E-state index is 14.6. The Balaban J connectivity index is 1.39. The molecule has 0 bridgehead atoms. The Bertz CT molecular complexity index is 1620. The summed E-state index contributed by atoms with van der Waals surface area (Å²) in [5, 5.41) is 5.43. The molecule has 230 valence electrons. The molecule has 0 unspecified atom stereocenters. The summed E-state index contributed by atoms with van der Waals surface area (Å²) in [5.74, 6) is -0.207. The van der Waals surface area contributed by atoms with E-state index >= 15 is 0 Å². The number of aromatic amines is 1. The van der Waals surface area contributed by atoms with E-state index in [1.165, 1.54) is 11.8 Å². The molecule has 2 saturated heterocycles. The van der Waals surface area contributed by atoms with Gasteiger partial charge in [-0.1, -0.05) is 59.1 Å². The van der Waals surface area contributed by atoms with Gasteiger partial charge in [-0.05, 0) is 61.9 Å². The summed E-state index contributed by atoms with van der Waals surface area (Å²) in [6.07, 6.45) is 2.81. The number of amides is 2. The number of halogens is 2. The van der Waals surface area contributed by atoms with Crippen LogP contribution in [0.25, 0.3) is 10.9 Å². The standard InChI is InChI=1S/C34H36Cl2N4O3S/c1-23-3-10-27(11-4-23)44-34(33(42)37-13-2-14-39-15-17-43-18-16-39)20-31(41)40(22-24-5-7-25(35)8-6-24)32(34)29-21-38-30-19-26(36)9-12-28(29)30/h3-12,19,21,32,38H,2,13-18,20,22H2,1H3,(H,37,42)/t32-,34-/m0/s1. The van der Waals surface area contributed by atoms with Crippen LogP contribution >= 0.6 is 35.0 Å². The summed E-state index contributed by atoms with van der Waals surface area (Å²) in [5.41, 5.74) is 3.82. The van der Waals surface area contributed by atoms with Gasteiger partial charge in [-0.25, -0.2) is 0 Å². The minimum Gasteiger partial charge on any atom is -0.379 e. The van der Waals surface area contributed by atoms with E-state index in [2.05, 4.69) is 15.2 Å².